The van der Waals surface area contributed by atoms with Gasteiger partial charge in [0.1, 0.15) is 0 Å². The van der Waals surface area contributed by atoms with Crippen LogP contribution in [0.2, 0.25) is 0 Å². The Balaban J connectivity index is 1.19. The Kier molecular flexibility index (Phi) is 6.90. The fraction of sp³-hybridized carbons (Fsp3) is 0.409. The minimum Gasteiger partial charge on any atom is -0.412 e. The first-order valence-corrected chi connectivity index (χ1v) is 10.5. The van der Waals surface area contributed by atoms with E-state index in [2.05, 4.69) is 44.6 Å². The second-order valence-electron chi connectivity index (χ2n) is 7.74. The van der Waals surface area contributed by atoms with Gasteiger partial charge < -0.3 is 19.3 Å². The van der Waals surface area contributed by atoms with Crippen molar-refractivity contribution in [1.29, 1.82) is 0 Å². The van der Waals surface area contributed by atoms with E-state index < -0.39 is 24.1 Å². The van der Waals surface area contributed by atoms with Crippen molar-refractivity contribution >= 4 is 17.8 Å². The van der Waals surface area contributed by atoms with Gasteiger partial charge in [-0.3, -0.25) is 9.69 Å². The number of nitrogens with one attached hydrogen (secondary N) is 1. The van der Waals surface area contributed by atoms with Gasteiger partial charge in [-0.1, -0.05) is 35.5 Å². The maximum atomic E-state index is 12.3. The van der Waals surface area contributed by atoms with Gasteiger partial charge in [0.05, 0.1) is 0 Å². The molecule has 0 unspecified atom stereocenters. The Morgan fingerprint density at radius 1 is 1.06 bits per heavy atom. The van der Waals surface area contributed by atoms with Crippen molar-refractivity contribution < 1.29 is 28.4 Å². The van der Waals surface area contributed by atoms with Gasteiger partial charge >= 0.3 is 24.1 Å². The van der Waals surface area contributed by atoms with Crippen molar-refractivity contribution in [2.75, 3.05) is 19.6 Å². The molecule has 1 aromatic carbocycles. The van der Waals surface area contributed by atoms with Crippen LogP contribution in [0.1, 0.15) is 47.6 Å². The zero-order chi connectivity index (χ0) is 22.3. The summed E-state index contributed by atoms with van der Waals surface area (Å²) in [6.07, 6.45) is 3.40. The molecule has 1 amide bonds. The summed E-state index contributed by atoms with van der Waals surface area (Å²) in [5, 5.41) is 6.36. The number of hydrogen-bond donors (Lipinski definition) is 1. The van der Waals surface area contributed by atoms with Crippen LogP contribution in [0, 0.1) is 5.92 Å². The molecule has 0 atom stereocenters. The van der Waals surface area contributed by atoms with Crippen molar-refractivity contribution in [2.45, 2.75) is 32.1 Å². The summed E-state index contributed by atoms with van der Waals surface area (Å²) in [6.45, 7) is 3.53. The Labute approximate surface area is 184 Å². The maximum absolute atomic E-state index is 12.3. The maximum Gasteiger partial charge on any atom is 0.334 e. The first kappa shape index (κ1) is 21.7. The summed E-state index contributed by atoms with van der Waals surface area (Å²) >= 11 is 0. The number of nitrogens with zero attached hydrogens (tertiary/aromatic N) is 3. The molecule has 1 N–H and O–H groups in total. The molecule has 0 saturated carbocycles. The lowest BCUT2D eigenvalue weighted by Gasteiger charge is -2.32. The molecule has 0 aliphatic carbocycles. The summed E-state index contributed by atoms with van der Waals surface area (Å²) < 4.78 is 14.7. The fourth-order valence-corrected chi connectivity index (χ4v) is 3.72. The molecule has 32 heavy (non-hydrogen) atoms. The predicted molar refractivity (Wildman–Crippen MR) is 110 cm³/mol. The van der Waals surface area contributed by atoms with Gasteiger partial charge in [0.15, 0.2) is 0 Å². The lowest BCUT2D eigenvalue weighted by Crippen LogP contribution is -2.35. The van der Waals surface area contributed by atoms with Gasteiger partial charge in [-0.25, -0.2) is 9.59 Å². The third-order valence-electron chi connectivity index (χ3n) is 5.44. The molecule has 0 spiro atoms. The third kappa shape index (κ3) is 5.79. The van der Waals surface area contributed by atoms with Crippen LogP contribution in [0.4, 0.5) is 0 Å². The monoisotopic (exact) mass is 440 g/mol. The molecule has 1 saturated heterocycles. The number of benzene rings is 1. The largest absolute Gasteiger partial charge is 0.412 e. The molecule has 0 radical (unpaired) electrons. The number of aromatic nitrogens is 2. The van der Waals surface area contributed by atoms with Gasteiger partial charge in [-0.15, -0.1) is 0 Å². The molecule has 2 aliphatic heterocycles. The highest BCUT2D eigenvalue weighted by Crippen LogP contribution is 2.22. The molecule has 10 nitrogen and oxygen atoms in total. The van der Waals surface area contributed by atoms with E-state index in [9.17, 15) is 14.4 Å². The average Bonchev–Trinajstić information content (AvgIpc) is 3.23. The van der Waals surface area contributed by atoms with E-state index in [4.69, 9.17) is 14.0 Å². The van der Waals surface area contributed by atoms with Crippen molar-refractivity contribution in [3.8, 4) is 0 Å². The SMILES string of the molecule is O=C1C=CC(=O)OC(c2nc(C(=O)NCCC3CCN(Cc4ccccc4)CC3)no2)O1. The topological polar surface area (TPSA) is 124 Å². The Bertz CT molecular complexity index is 961. The lowest BCUT2D eigenvalue weighted by atomic mass is 9.93. The van der Waals surface area contributed by atoms with Crippen LogP contribution < -0.4 is 5.32 Å². The Morgan fingerprint density at radius 3 is 2.44 bits per heavy atom. The van der Waals surface area contributed by atoms with Crippen LogP contribution in [0.25, 0.3) is 0 Å². The number of ether oxygens (including phenoxy) is 2. The second-order valence-corrected chi connectivity index (χ2v) is 7.74. The molecule has 10 heteroatoms. The first-order valence-electron chi connectivity index (χ1n) is 10.5. The van der Waals surface area contributed by atoms with Crippen LogP contribution in [0.5, 0.6) is 0 Å². The highest BCUT2D eigenvalue weighted by molar-refractivity contribution is 5.93. The van der Waals surface area contributed by atoms with Crippen LogP contribution in [0.15, 0.2) is 47.0 Å². The normalized spacial score (nSPS) is 18.1. The summed E-state index contributed by atoms with van der Waals surface area (Å²) in [5.74, 6) is -2.06. The number of cyclic esters (lactones) is 2. The van der Waals surface area contributed by atoms with Crippen LogP contribution in [-0.2, 0) is 25.6 Å². The summed E-state index contributed by atoms with van der Waals surface area (Å²) in [7, 11) is 0. The molecular formula is C22H24N4O6. The van der Waals surface area contributed by atoms with E-state index in [1.54, 1.807) is 0 Å². The van der Waals surface area contributed by atoms with E-state index >= 15 is 0 Å². The van der Waals surface area contributed by atoms with Gasteiger partial charge in [0.2, 0.25) is 0 Å². The fourth-order valence-electron chi connectivity index (χ4n) is 3.72. The van der Waals surface area contributed by atoms with Crippen molar-refractivity contribution in [3.63, 3.8) is 0 Å². The number of esters is 2. The van der Waals surface area contributed by atoms with E-state index in [1.165, 1.54) is 5.56 Å². The van der Waals surface area contributed by atoms with E-state index in [1.807, 2.05) is 6.07 Å². The second kappa shape index (κ2) is 10.2. The zero-order valence-corrected chi connectivity index (χ0v) is 17.4. The molecule has 2 aliphatic rings. The minimum atomic E-state index is -1.49. The number of hydrogen-bond acceptors (Lipinski definition) is 9. The molecule has 168 valence electrons. The molecular weight excluding hydrogens is 416 g/mol. The van der Waals surface area contributed by atoms with Gasteiger partial charge in [-0.2, -0.15) is 4.98 Å². The highest BCUT2D eigenvalue weighted by atomic mass is 16.7. The zero-order valence-electron chi connectivity index (χ0n) is 17.4. The number of rotatable bonds is 7. The predicted octanol–water partition coefficient (Wildman–Crippen LogP) is 1.76. The standard InChI is InChI=1S/C22H24N4O6/c27-17-6-7-18(28)31-22(30-17)21-24-19(25-32-21)20(29)23-11-8-15-9-12-26(13-10-15)14-16-4-2-1-3-5-16/h1-7,15,22H,8-14H2,(H,23,29). The van der Waals surface area contributed by atoms with Crippen LogP contribution in [-0.4, -0.2) is 52.5 Å². The molecule has 2 aromatic rings. The van der Waals surface area contributed by atoms with Crippen LogP contribution in [0.3, 0.4) is 0 Å². The van der Waals surface area contributed by atoms with Crippen molar-refractivity contribution in [2.24, 2.45) is 5.92 Å². The average molecular weight is 440 g/mol. The van der Waals surface area contributed by atoms with Gasteiger partial charge in [-0.05, 0) is 43.8 Å². The summed E-state index contributed by atoms with van der Waals surface area (Å²) in [5.41, 5.74) is 1.32. The molecule has 1 fully saturated rings. The molecule has 1 aromatic heterocycles. The quantitative estimate of drug-likeness (QED) is 0.641. The Morgan fingerprint density at radius 2 is 1.75 bits per heavy atom. The molecule has 0 bridgehead atoms. The summed E-state index contributed by atoms with van der Waals surface area (Å²) in [6, 6.07) is 10.4. The number of carbonyl (C=O) groups is 3. The van der Waals surface area contributed by atoms with E-state index in [0.717, 1.165) is 51.0 Å². The van der Waals surface area contributed by atoms with Crippen molar-refractivity contribution in [1.82, 2.24) is 20.4 Å². The smallest absolute Gasteiger partial charge is 0.334 e. The van der Waals surface area contributed by atoms with Crippen molar-refractivity contribution in [3.05, 3.63) is 59.8 Å². The summed E-state index contributed by atoms with van der Waals surface area (Å²) in [4.78, 5) is 41.5. The van der Waals surface area contributed by atoms with E-state index in [-0.39, 0.29) is 11.7 Å². The number of amides is 1. The third-order valence-corrected chi connectivity index (χ3v) is 5.44. The lowest BCUT2D eigenvalue weighted by molar-refractivity contribution is -0.184. The van der Waals surface area contributed by atoms with Gasteiger partial charge in [0, 0.05) is 25.2 Å². The number of piperidine rings is 1. The van der Waals surface area contributed by atoms with Gasteiger partial charge in [0.25, 0.3) is 11.7 Å². The van der Waals surface area contributed by atoms with Crippen LogP contribution >= 0.6 is 0 Å². The number of likely N-dealkylation sites (tertiary alicyclic amines) is 1. The first-order chi connectivity index (χ1) is 15.6. The molecule has 3 heterocycles. The van der Waals surface area contributed by atoms with E-state index in [0.29, 0.717) is 12.5 Å². The molecule has 4 rings (SSSR count). The minimum absolute atomic E-state index is 0.220. The highest BCUT2D eigenvalue weighted by Gasteiger charge is 2.29. The Hall–Kier alpha value is -3.53. The number of carbonyl (C=O) groups excluding carboxylic acids is 3.